The number of aliphatic carboxylic acids is 1. The van der Waals surface area contributed by atoms with E-state index < -0.39 is 18.1 Å². The van der Waals surface area contributed by atoms with Crippen molar-refractivity contribution in [2.45, 2.75) is 12.0 Å². The maximum absolute atomic E-state index is 12.5. The van der Waals surface area contributed by atoms with Crippen LogP contribution in [0.1, 0.15) is 28.7 Å². The summed E-state index contributed by atoms with van der Waals surface area (Å²) in [6, 6.07) is 19.6. The summed E-state index contributed by atoms with van der Waals surface area (Å²) in [5, 5.41) is 12.1. The maximum Gasteiger partial charge on any atom is 0.408 e. The number of alkyl carbamates (subject to hydrolysis) is 1. The molecule has 0 fully saturated rings. The van der Waals surface area contributed by atoms with Crippen LogP contribution in [-0.2, 0) is 9.53 Å². The van der Waals surface area contributed by atoms with E-state index >= 15 is 0 Å². The zero-order chi connectivity index (χ0) is 22.1. The number of carboxylic acid groups (broad SMARTS) is 1. The van der Waals surface area contributed by atoms with Gasteiger partial charge in [0.1, 0.15) is 19.8 Å². The molecule has 3 aromatic rings. The minimum atomic E-state index is -1.28. The number of carbonyl (C=O) groups is 2. The summed E-state index contributed by atoms with van der Waals surface area (Å²) in [5.41, 5.74) is 4.79. The van der Waals surface area contributed by atoms with Gasteiger partial charge < -0.3 is 24.6 Å². The summed E-state index contributed by atoms with van der Waals surface area (Å²) in [5.74, 6) is -0.305. The van der Waals surface area contributed by atoms with E-state index in [4.69, 9.17) is 14.2 Å². The summed E-state index contributed by atoms with van der Waals surface area (Å²) < 4.78 is 16.5. The van der Waals surface area contributed by atoms with Crippen molar-refractivity contribution in [1.29, 1.82) is 0 Å². The molecular formula is C25H21NO6. The van der Waals surface area contributed by atoms with Crippen LogP contribution in [0.15, 0.2) is 66.7 Å². The first-order valence-electron chi connectivity index (χ1n) is 10.4. The molecule has 5 rings (SSSR count). The molecule has 0 aromatic heterocycles. The summed E-state index contributed by atoms with van der Waals surface area (Å²) in [4.78, 5) is 24.4. The van der Waals surface area contributed by atoms with Crippen LogP contribution >= 0.6 is 0 Å². The molecule has 7 heteroatoms. The molecule has 162 valence electrons. The van der Waals surface area contributed by atoms with Gasteiger partial charge in [-0.3, -0.25) is 0 Å². The Balaban J connectivity index is 1.30. The van der Waals surface area contributed by atoms with Crippen LogP contribution in [-0.4, -0.2) is 37.0 Å². The molecule has 3 aromatic carbocycles. The molecule has 0 spiro atoms. The van der Waals surface area contributed by atoms with Crippen molar-refractivity contribution in [3.05, 3.63) is 83.4 Å². The zero-order valence-electron chi connectivity index (χ0n) is 17.1. The quantitative estimate of drug-likeness (QED) is 0.631. The Labute approximate surface area is 184 Å². The molecule has 1 heterocycles. The standard InChI is InChI=1S/C25H21NO6/c27-24(28)23(15-9-10-21-22(13-15)31-12-11-30-21)26-25(29)32-14-20-18-7-3-1-5-16(18)17-6-2-4-8-19(17)20/h1-10,13,20,23H,11-12,14H2,(H,26,29)(H,27,28). The molecule has 0 bridgehead atoms. The predicted molar refractivity (Wildman–Crippen MR) is 116 cm³/mol. The number of nitrogens with one attached hydrogen (secondary N) is 1. The normalized spacial score (nSPS) is 14.8. The fourth-order valence-electron chi connectivity index (χ4n) is 4.29. The highest BCUT2D eigenvalue weighted by atomic mass is 16.6. The van der Waals surface area contributed by atoms with Crippen LogP contribution in [0.4, 0.5) is 4.79 Å². The lowest BCUT2D eigenvalue weighted by molar-refractivity contribution is -0.139. The Morgan fingerprint density at radius 3 is 2.22 bits per heavy atom. The van der Waals surface area contributed by atoms with Crippen LogP contribution < -0.4 is 14.8 Å². The van der Waals surface area contributed by atoms with Crippen molar-refractivity contribution < 1.29 is 28.9 Å². The average molecular weight is 431 g/mol. The van der Waals surface area contributed by atoms with Gasteiger partial charge in [-0.05, 0) is 39.9 Å². The van der Waals surface area contributed by atoms with Crippen molar-refractivity contribution in [2.24, 2.45) is 0 Å². The molecule has 0 saturated heterocycles. The Kier molecular flexibility index (Phi) is 5.15. The van der Waals surface area contributed by atoms with Gasteiger partial charge in [0, 0.05) is 5.92 Å². The number of carboxylic acids is 1. The monoisotopic (exact) mass is 431 g/mol. The molecule has 7 nitrogen and oxygen atoms in total. The highest BCUT2D eigenvalue weighted by Crippen LogP contribution is 2.44. The maximum atomic E-state index is 12.5. The number of benzene rings is 3. The molecular weight excluding hydrogens is 410 g/mol. The van der Waals surface area contributed by atoms with E-state index in [2.05, 4.69) is 17.4 Å². The fourth-order valence-corrected chi connectivity index (χ4v) is 4.29. The number of amides is 1. The third kappa shape index (κ3) is 3.62. The van der Waals surface area contributed by atoms with E-state index in [-0.39, 0.29) is 12.5 Å². The van der Waals surface area contributed by atoms with Gasteiger partial charge in [-0.15, -0.1) is 0 Å². The molecule has 1 atom stereocenters. The SMILES string of the molecule is O=C(NC(C(=O)O)c1ccc2c(c1)OCCO2)OCC1c2ccccc2-c2ccccc21. The molecule has 0 radical (unpaired) electrons. The summed E-state index contributed by atoms with van der Waals surface area (Å²) in [6.07, 6.45) is -0.797. The van der Waals surface area contributed by atoms with Gasteiger partial charge in [0.05, 0.1) is 0 Å². The number of hydrogen-bond acceptors (Lipinski definition) is 5. The minimum absolute atomic E-state index is 0.105. The smallest absolute Gasteiger partial charge is 0.408 e. The van der Waals surface area contributed by atoms with Crippen LogP contribution in [0.25, 0.3) is 11.1 Å². The van der Waals surface area contributed by atoms with Gasteiger partial charge in [0.15, 0.2) is 17.5 Å². The molecule has 1 aliphatic heterocycles. The Morgan fingerprint density at radius 2 is 1.56 bits per heavy atom. The number of carbonyl (C=O) groups excluding carboxylic acids is 1. The lowest BCUT2D eigenvalue weighted by Crippen LogP contribution is -2.35. The van der Waals surface area contributed by atoms with Gasteiger partial charge in [0.2, 0.25) is 0 Å². The second-order valence-electron chi connectivity index (χ2n) is 7.64. The first kappa shape index (κ1) is 19.9. The van der Waals surface area contributed by atoms with Gasteiger partial charge in [-0.25, -0.2) is 9.59 Å². The molecule has 32 heavy (non-hydrogen) atoms. The number of rotatable bonds is 5. The highest BCUT2D eigenvalue weighted by molar-refractivity contribution is 5.82. The first-order chi connectivity index (χ1) is 15.6. The van der Waals surface area contributed by atoms with Gasteiger partial charge in [-0.2, -0.15) is 0 Å². The van der Waals surface area contributed by atoms with Crippen LogP contribution in [0, 0.1) is 0 Å². The molecule has 1 unspecified atom stereocenters. The van der Waals surface area contributed by atoms with Gasteiger partial charge in [0.25, 0.3) is 0 Å². The minimum Gasteiger partial charge on any atom is -0.486 e. The topological polar surface area (TPSA) is 94.1 Å². The van der Waals surface area contributed by atoms with Crippen LogP contribution in [0.3, 0.4) is 0 Å². The first-order valence-corrected chi connectivity index (χ1v) is 10.4. The van der Waals surface area contributed by atoms with Crippen molar-refractivity contribution in [2.75, 3.05) is 19.8 Å². The van der Waals surface area contributed by atoms with E-state index in [9.17, 15) is 14.7 Å². The van der Waals surface area contributed by atoms with E-state index in [0.29, 0.717) is 30.3 Å². The molecule has 1 aliphatic carbocycles. The third-order valence-corrected chi connectivity index (χ3v) is 5.75. The summed E-state index contributed by atoms with van der Waals surface area (Å²) in [7, 11) is 0. The fraction of sp³-hybridized carbons (Fsp3) is 0.200. The molecule has 2 aliphatic rings. The second kappa shape index (κ2) is 8.26. The lowest BCUT2D eigenvalue weighted by atomic mass is 9.98. The Morgan fingerprint density at radius 1 is 0.938 bits per heavy atom. The van der Waals surface area contributed by atoms with Crippen molar-refractivity contribution in [3.63, 3.8) is 0 Å². The Hall–Kier alpha value is -4.00. The second-order valence-corrected chi connectivity index (χ2v) is 7.64. The highest BCUT2D eigenvalue weighted by Gasteiger charge is 2.30. The van der Waals surface area contributed by atoms with Crippen molar-refractivity contribution in [3.8, 4) is 22.6 Å². The third-order valence-electron chi connectivity index (χ3n) is 5.75. The molecule has 2 N–H and O–H groups in total. The zero-order valence-corrected chi connectivity index (χ0v) is 17.1. The van der Waals surface area contributed by atoms with E-state index in [0.717, 1.165) is 22.3 Å². The molecule has 1 amide bonds. The van der Waals surface area contributed by atoms with E-state index in [1.807, 2.05) is 36.4 Å². The van der Waals surface area contributed by atoms with Gasteiger partial charge >= 0.3 is 12.1 Å². The van der Waals surface area contributed by atoms with E-state index in [1.165, 1.54) is 0 Å². The summed E-state index contributed by atoms with van der Waals surface area (Å²) in [6.45, 7) is 0.925. The predicted octanol–water partition coefficient (Wildman–Crippen LogP) is 4.12. The molecule has 0 saturated carbocycles. The Bertz CT molecular complexity index is 1150. The number of hydrogen-bond donors (Lipinski definition) is 2. The largest absolute Gasteiger partial charge is 0.486 e. The van der Waals surface area contributed by atoms with E-state index in [1.54, 1.807) is 18.2 Å². The van der Waals surface area contributed by atoms with Crippen molar-refractivity contribution in [1.82, 2.24) is 5.32 Å². The average Bonchev–Trinajstić information content (AvgIpc) is 3.14. The summed E-state index contributed by atoms with van der Waals surface area (Å²) >= 11 is 0. The number of fused-ring (bicyclic) bond motifs is 4. The lowest BCUT2D eigenvalue weighted by Gasteiger charge is -2.21. The van der Waals surface area contributed by atoms with Crippen LogP contribution in [0.2, 0.25) is 0 Å². The number of ether oxygens (including phenoxy) is 3. The van der Waals surface area contributed by atoms with Crippen molar-refractivity contribution >= 4 is 12.1 Å². The van der Waals surface area contributed by atoms with Gasteiger partial charge in [-0.1, -0.05) is 54.6 Å². The van der Waals surface area contributed by atoms with Crippen LogP contribution in [0.5, 0.6) is 11.5 Å².